The number of nitrogens with one attached hydrogen (secondary N) is 2. The second-order valence-corrected chi connectivity index (χ2v) is 8.61. The van der Waals surface area contributed by atoms with Crippen LogP contribution in [0, 0.1) is 6.92 Å². The monoisotopic (exact) mass is 464 g/mol. The fourth-order valence-electron chi connectivity index (χ4n) is 3.33. The summed E-state index contributed by atoms with van der Waals surface area (Å²) in [6.07, 6.45) is 0.664. The Bertz CT molecular complexity index is 1110. The van der Waals surface area contributed by atoms with Gasteiger partial charge in [0.05, 0.1) is 19.5 Å². The van der Waals surface area contributed by atoms with Crippen molar-refractivity contribution >= 4 is 35.0 Å². The molecule has 3 aromatic rings. The van der Waals surface area contributed by atoms with Crippen LogP contribution in [0.2, 0.25) is 0 Å². The number of methoxy groups -OCH3 is 2. The van der Waals surface area contributed by atoms with Crippen molar-refractivity contribution < 1.29 is 19.1 Å². The second kappa shape index (κ2) is 11.4. The normalized spacial score (nSPS) is 11.4. The van der Waals surface area contributed by atoms with Crippen LogP contribution in [0.3, 0.4) is 0 Å². The molecule has 0 heterocycles. The number of anilines is 2. The number of thioether (sulfide) groups is 1. The van der Waals surface area contributed by atoms with Gasteiger partial charge in [0.15, 0.2) is 0 Å². The van der Waals surface area contributed by atoms with Gasteiger partial charge in [0, 0.05) is 16.3 Å². The van der Waals surface area contributed by atoms with E-state index in [2.05, 4.69) is 10.6 Å². The minimum absolute atomic E-state index is 0.0509. The first kappa shape index (κ1) is 24.2. The van der Waals surface area contributed by atoms with E-state index in [9.17, 15) is 9.59 Å². The standard InChI is InChI=1S/C26H28N2O4S/c1-5-23(25(29)28-20-13-7-6-10-17(20)2)33-19-12-8-11-18(16-19)27-26(30)24-21(31-3)14-9-15-22(24)32-4/h6-16,23H,5H2,1-4H3,(H,27,30)(H,28,29). The molecule has 0 fully saturated rings. The van der Waals surface area contributed by atoms with E-state index in [4.69, 9.17) is 9.47 Å². The highest BCUT2D eigenvalue weighted by molar-refractivity contribution is 8.00. The predicted molar refractivity (Wildman–Crippen MR) is 134 cm³/mol. The van der Waals surface area contributed by atoms with Crippen molar-refractivity contribution in [2.75, 3.05) is 24.9 Å². The number of carbonyl (C=O) groups is 2. The van der Waals surface area contributed by atoms with E-state index in [-0.39, 0.29) is 17.1 Å². The summed E-state index contributed by atoms with van der Waals surface area (Å²) in [5.74, 6) is 0.466. The number of hydrogen-bond donors (Lipinski definition) is 2. The minimum atomic E-state index is -0.337. The molecule has 0 bridgehead atoms. The Labute approximate surface area is 198 Å². The van der Waals surface area contributed by atoms with Crippen molar-refractivity contribution in [2.24, 2.45) is 0 Å². The summed E-state index contributed by atoms with van der Waals surface area (Å²) < 4.78 is 10.7. The quantitative estimate of drug-likeness (QED) is 0.393. The van der Waals surface area contributed by atoms with Gasteiger partial charge in [-0.25, -0.2) is 0 Å². The maximum Gasteiger partial charge on any atom is 0.263 e. The smallest absolute Gasteiger partial charge is 0.263 e. The van der Waals surface area contributed by atoms with E-state index in [0.717, 1.165) is 16.1 Å². The van der Waals surface area contributed by atoms with Gasteiger partial charge in [-0.3, -0.25) is 9.59 Å². The number of hydrogen-bond acceptors (Lipinski definition) is 5. The van der Waals surface area contributed by atoms with Crippen molar-refractivity contribution in [3.63, 3.8) is 0 Å². The molecule has 1 unspecified atom stereocenters. The molecule has 7 heteroatoms. The Morgan fingerprint density at radius 3 is 2.21 bits per heavy atom. The third-order valence-electron chi connectivity index (χ3n) is 5.09. The Kier molecular flexibility index (Phi) is 8.38. The Morgan fingerprint density at radius 2 is 1.58 bits per heavy atom. The molecule has 0 saturated heterocycles. The van der Waals surface area contributed by atoms with Crippen molar-refractivity contribution in [2.45, 2.75) is 30.4 Å². The summed E-state index contributed by atoms with van der Waals surface area (Å²) in [5, 5.41) is 5.65. The number of aryl methyl sites for hydroxylation is 1. The molecule has 0 aliphatic heterocycles. The van der Waals surface area contributed by atoms with Crippen LogP contribution in [0.1, 0.15) is 29.3 Å². The average molecular weight is 465 g/mol. The average Bonchev–Trinajstić information content (AvgIpc) is 2.83. The molecule has 3 aromatic carbocycles. The number of para-hydroxylation sites is 1. The number of ether oxygens (including phenoxy) is 2. The van der Waals surface area contributed by atoms with Crippen LogP contribution in [0.5, 0.6) is 11.5 Å². The maximum atomic E-state index is 13.0. The lowest BCUT2D eigenvalue weighted by molar-refractivity contribution is -0.115. The third kappa shape index (κ3) is 6.08. The summed E-state index contributed by atoms with van der Waals surface area (Å²) in [6, 6.07) is 20.3. The summed E-state index contributed by atoms with van der Waals surface area (Å²) in [4.78, 5) is 26.7. The van der Waals surface area contributed by atoms with Gasteiger partial charge in [-0.2, -0.15) is 0 Å². The molecule has 33 heavy (non-hydrogen) atoms. The molecule has 0 radical (unpaired) electrons. The zero-order valence-corrected chi connectivity index (χ0v) is 20.0. The van der Waals surface area contributed by atoms with E-state index in [1.54, 1.807) is 24.3 Å². The molecule has 3 rings (SSSR count). The topological polar surface area (TPSA) is 76.7 Å². The van der Waals surface area contributed by atoms with Crippen LogP contribution in [0.4, 0.5) is 11.4 Å². The molecule has 172 valence electrons. The van der Waals surface area contributed by atoms with Crippen LogP contribution in [0.15, 0.2) is 71.6 Å². The number of amides is 2. The van der Waals surface area contributed by atoms with E-state index in [1.807, 2.05) is 56.3 Å². The Balaban J connectivity index is 1.73. The van der Waals surface area contributed by atoms with Crippen molar-refractivity contribution in [1.82, 2.24) is 0 Å². The van der Waals surface area contributed by atoms with Crippen molar-refractivity contribution in [3.05, 3.63) is 77.9 Å². The Morgan fingerprint density at radius 1 is 0.909 bits per heavy atom. The molecule has 0 aromatic heterocycles. The van der Waals surface area contributed by atoms with Gasteiger partial charge in [0.25, 0.3) is 5.91 Å². The predicted octanol–water partition coefficient (Wildman–Crippen LogP) is 5.77. The molecule has 0 saturated carbocycles. The van der Waals surface area contributed by atoms with Gasteiger partial charge in [0.1, 0.15) is 17.1 Å². The molecule has 1 atom stereocenters. The van der Waals surface area contributed by atoms with Crippen molar-refractivity contribution in [3.8, 4) is 11.5 Å². The fraction of sp³-hybridized carbons (Fsp3) is 0.231. The second-order valence-electron chi connectivity index (χ2n) is 7.34. The number of carbonyl (C=O) groups excluding carboxylic acids is 2. The van der Waals surface area contributed by atoms with Crippen LogP contribution >= 0.6 is 11.8 Å². The van der Waals surface area contributed by atoms with E-state index in [0.29, 0.717) is 29.2 Å². The van der Waals surface area contributed by atoms with E-state index >= 15 is 0 Å². The van der Waals surface area contributed by atoms with E-state index < -0.39 is 0 Å². The van der Waals surface area contributed by atoms with Gasteiger partial charge in [0.2, 0.25) is 5.91 Å². The third-order valence-corrected chi connectivity index (χ3v) is 6.45. The summed E-state index contributed by atoms with van der Waals surface area (Å²) >= 11 is 1.46. The first-order valence-corrected chi connectivity index (χ1v) is 11.5. The zero-order chi connectivity index (χ0) is 23.8. The number of rotatable bonds is 9. The van der Waals surface area contributed by atoms with E-state index in [1.165, 1.54) is 26.0 Å². The lowest BCUT2D eigenvalue weighted by Crippen LogP contribution is -2.24. The molecule has 6 nitrogen and oxygen atoms in total. The Hall–Kier alpha value is -3.45. The summed E-state index contributed by atoms with van der Waals surface area (Å²) in [5.41, 5.74) is 2.77. The summed E-state index contributed by atoms with van der Waals surface area (Å²) in [6.45, 7) is 3.95. The largest absolute Gasteiger partial charge is 0.496 e. The van der Waals surface area contributed by atoms with Crippen LogP contribution < -0.4 is 20.1 Å². The molecule has 2 N–H and O–H groups in total. The highest BCUT2D eigenvalue weighted by Gasteiger charge is 2.20. The molecular formula is C26H28N2O4S. The molecular weight excluding hydrogens is 436 g/mol. The van der Waals surface area contributed by atoms with Gasteiger partial charge in [-0.05, 0) is 55.3 Å². The molecule has 0 aliphatic carbocycles. The van der Waals surface area contributed by atoms with Crippen LogP contribution in [-0.2, 0) is 4.79 Å². The van der Waals surface area contributed by atoms with Crippen LogP contribution in [0.25, 0.3) is 0 Å². The fourth-order valence-corrected chi connectivity index (χ4v) is 4.34. The highest BCUT2D eigenvalue weighted by atomic mass is 32.2. The van der Waals surface area contributed by atoms with Crippen LogP contribution in [-0.4, -0.2) is 31.3 Å². The first-order chi connectivity index (χ1) is 16.0. The highest BCUT2D eigenvalue weighted by Crippen LogP contribution is 2.31. The lowest BCUT2D eigenvalue weighted by Gasteiger charge is -2.17. The molecule has 2 amide bonds. The SMILES string of the molecule is CCC(Sc1cccc(NC(=O)c2c(OC)cccc2OC)c1)C(=O)Nc1ccccc1C. The molecule has 0 spiro atoms. The van der Waals surface area contributed by atoms with Gasteiger partial charge >= 0.3 is 0 Å². The van der Waals surface area contributed by atoms with Gasteiger partial charge < -0.3 is 20.1 Å². The maximum absolute atomic E-state index is 13.0. The molecule has 0 aliphatic rings. The number of benzene rings is 3. The zero-order valence-electron chi connectivity index (χ0n) is 19.2. The lowest BCUT2D eigenvalue weighted by atomic mass is 10.1. The van der Waals surface area contributed by atoms with Crippen molar-refractivity contribution in [1.29, 1.82) is 0 Å². The van der Waals surface area contributed by atoms with Gasteiger partial charge in [-0.15, -0.1) is 11.8 Å². The van der Waals surface area contributed by atoms with Gasteiger partial charge in [-0.1, -0.05) is 37.3 Å². The first-order valence-electron chi connectivity index (χ1n) is 10.6. The minimum Gasteiger partial charge on any atom is -0.496 e. The summed E-state index contributed by atoms with van der Waals surface area (Å²) in [7, 11) is 3.02.